The molecule has 3 fully saturated rings. The van der Waals surface area contributed by atoms with Crippen molar-refractivity contribution in [1.82, 2.24) is 10.2 Å². The molecule has 23 heavy (non-hydrogen) atoms. The van der Waals surface area contributed by atoms with Crippen LogP contribution < -0.4 is 5.32 Å². The predicted octanol–water partition coefficient (Wildman–Crippen LogP) is 1.98. The molecular formula is C18H30N2O3. The molecule has 2 N–H and O–H groups in total. The lowest BCUT2D eigenvalue weighted by molar-refractivity contribution is -0.141. The van der Waals surface area contributed by atoms with Crippen LogP contribution in [-0.2, 0) is 9.59 Å². The first-order chi connectivity index (χ1) is 11.1. The van der Waals surface area contributed by atoms with E-state index in [-0.39, 0.29) is 23.8 Å². The Labute approximate surface area is 138 Å². The molecule has 1 heterocycles. The second kappa shape index (κ2) is 7.20. The number of carbonyl (C=O) groups is 2. The minimum Gasteiger partial charge on any atom is -0.388 e. The second-order valence-corrected chi connectivity index (χ2v) is 7.67. The minimum atomic E-state index is -0.743. The van der Waals surface area contributed by atoms with Crippen LogP contribution >= 0.6 is 0 Å². The fraction of sp³-hybridized carbons (Fsp3) is 0.889. The van der Waals surface area contributed by atoms with E-state index >= 15 is 0 Å². The number of nitrogens with zero attached hydrogens (tertiary/aromatic N) is 1. The standard InChI is InChI=1S/C18H30N2O3/c21-16(19-13-18(23)10-4-1-5-11-18)15-9-6-12-20(15)17(22)14-7-2-3-8-14/h14-15,23H,1-13H2,(H,19,21). The van der Waals surface area contributed by atoms with Gasteiger partial charge in [0.25, 0.3) is 0 Å². The summed E-state index contributed by atoms with van der Waals surface area (Å²) in [6.45, 7) is 1.03. The zero-order chi connectivity index (χ0) is 16.3. The van der Waals surface area contributed by atoms with Crippen molar-refractivity contribution in [2.45, 2.75) is 82.3 Å². The summed E-state index contributed by atoms with van der Waals surface area (Å²) in [6.07, 6.45) is 10.6. The van der Waals surface area contributed by atoms with E-state index < -0.39 is 5.60 Å². The van der Waals surface area contributed by atoms with E-state index in [0.29, 0.717) is 13.1 Å². The van der Waals surface area contributed by atoms with Crippen LogP contribution in [0.4, 0.5) is 0 Å². The van der Waals surface area contributed by atoms with Crippen molar-refractivity contribution in [2.75, 3.05) is 13.1 Å². The first-order valence-electron chi connectivity index (χ1n) is 9.40. The summed E-state index contributed by atoms with van der Waals surface area (Å²) in [5.41, 5.74) is -0.743. The third kappa shape index (κ3) is 3.87. The molecule has 1 saturated heterocycles. The first-order valence-corrected chi connectivity index (χ1v) is 9.40. The highest BCUT2D eigenvalue weighted by atomic mass is 16.3. The third-order valence-corrected chi connectivity index (χ3v) is 5.92. The molecule has 2 saturated carbocycles. The van der Waals surface area contributed by atoms with Crippen LogP contribution in [0.25, 0.3) is 0 Å². The molecule has 130 valence electrons. The summed E-state index contributed by atoms with van der Waals surface area (Å²) >= 11 is 0. The molecule has 1 aliphatic heterocycles. The molecule has 3 rings (SSSR count). The SMILES string of the molecule is O=C(NCC1(O)CCCCC1)C1CCCN1C(=O)C1CCCC1. The van der Waals surface area contributed by atoms with Gasteiger partial charge in [-0.25, -0.2) is 0 Å². The molecule has 0 spiro atoms. The van der Waals surface area contributed by atoms with Crippen molar-refractivity contribution in [3.8, 4) is 0 Å². The largest absolute Gasteiger partial charge is 0.388 e. The normalized spacial score (nSPS) is 28.0. The molecule has 5 nitrogen and oxygen atoms in total. The number of carbonyl (C=O) groups excluding carboxylic acids is 2. The Balaban J connectivity index is 1.54. The van der Waals surface area contributed by atoms with Crippen LogP contribution in [0, 0.1) is 5.92 Å². The molecule has 1 unspecified atom stereocenters. The number of hydrogen-bond donors (Lipinski definition) is 2. The maximum absolute atomic E-state index is 12.6. The van der Waals surface area contributed by atoms with Crippen LogP contribution in [0.15, 0.2) is 0 Å². The van der Waals surface area contributed by atoms with Crippen molar-refractivity contribution >= 4 is 11.8 Å². The van der Waals surface area contributed by atoms with Gasteiger partial charge in [-0.1, -0.05) is 32.1 Å². The van der Waals surface area contributed by atoms with Crippen LogP contribution in [0.2, 0.25) is 0 Å². The zero-order valence-corrected chi connectivity index (χ0v) is 14.1. The van der Waals surface area contributed by atoms with E-state index in [2.05, 4.69) is 5.32 Å². The van der Waals surface area contributed by atoms with Gasteiger partial charge >= 0.3 is 0 Å². The van der Waals surface area contributed by atoms with Gasteiger partial charge in [-0.15, -0.1) is 0 Å². The Kier molecular flexibility index (Phi) is 5.24. The highest BCUT2D eigenvalue weighted by Gasteiger charge is 2.38. The summed E-state index contributed by atoms with van der Waals surface area (Å²) in [4.78, 5) is 27.0. The molecule has 0 aromatic rings. The second-order valence-electron chi connectivity index (χ2n) is 7.67. The van der Waals surface area contributed by atoms with Crippen LogP contribution in [-0.4, -0.2) is 46.6 Å². The van der Waals surface area contributed by atoms with Gasteiger partial charge < -0.3 is 15.3 Å². The van der Waals surface area contributed by atoms with E-state index in [9.17, 15) is 14.7 Å². The fourth-order valence-corrected chi connectivity index (χ4v) is 4.47. The summed E-state index contributed by atoms with van der Waals surface area (Å²) < 4.78 is 0. The molecule has 3 aliphatic rings. The Morgan fingerprint density at radius 2 is 1.70 bits per heavy atom. The van der Waals surface area contributed by atoms with Crippen molar-refractivity contribution in [3.63, 3.8) is 0 Å². The van der Waals surface area contributed by atoms with Crippen LogP contribution in [0.1, 0.15) is 70.6 Å². The molecular weight excluding hydrogens is 292 g/mol. The average Bonchev–Trinajstić information content (AvgIpc) is 3.24. The molecule has 2 amide bonds. The minimum absolute atomic E-state index is 0.0761. The third-order valence-electron chi connectivity index (χ3n) is 5.92. The lowest BCUT2D eigenvalue weighted by atomic mass is 9.85. The molecule has 1 atom stereocenters. The average molecular weight is 322 g/mol. The van der Waals surface area contributed by atoms with E-state index in [4.69, 9.17) is 0 Å². The maximum Gasteiger partial charge on any atom is 0.242 e. The topological polar surface area (TPSA) is 69.6 Å². The number of aliphatic hydroxyl groups is 1. The smallest absolute Gasteiger partial charge is 0.242 e. The van der Waals surface area contributed by atoms with Gasteiger partial charge in [0.1, 0.15) is 6.04 Å². The number of nitrogens with one attached hydrogen (secondary N) is 1. The Morgan fingerprint density at radius 3 is 2.39 bits per heavy atom. The molecule has 0 radical (unpaired) electrons. The van der Waals surface area contributed by atoms with Gasteiger partial charge in [0.15, 0.2) is 0 Å². The van der Waals surface area contributed by atoms with Crippen molar-refractivity contribution in [3.05, 3.63) is 0 Å². The van der Waals surface area contributed by atoms with Crippen molar-refractivity contribution in [2.24, 2.45) is 5.92 Å². The number of amides is 2. The number of hydrogen-bond acceptors (Lipinski definition) is 3. The van der Waals surface area contributed by atoms with Gasteiger partial charge in [-0.3, -0.25) is 9.59 Å². The molecule has 2 aliphatic carbocycles. The molecule has 0 bridgehead atoms. The first kappa shape index (κ1) is 16.7. The van der Waals surface area contributed by atoms with Gasteiger partial charge in [-0.2, -0.15) is 0 Å². The highest BCUT2D eigenvalue weighted by Crippen LogP contribution is 2.30. The Hall–Kier alpha value is -1.10. The van der Waals surface area contributed by atoms with Crippen LogP contribution in [0.5, 0.6) is 0 Å². The quantitative estimate of drug-likeness (QED) is 0.831. The van der Waals surface area contributed by atoms with E-state index in [1.165, 1.54) is 6.42 Å². The Morgan fingerprint density at radius 1 is 1.00 bits per heavy atom. The fourth-order valence-electron chi connectivity index (χ4n) is 4.47. The molecule has 5 heteroatoms. The zero-order valence-electron chi connectivity index (χ0n) is 14.1. The summed E-state index contributed by atoms with van der Waals surface area (Å²) in [5.74, 6) is 0.232. The van der Waals surface area contributed by atoms with Crippen molar-refractivity contribution in [1.29, 1.82) is 0 Å². The lowest BCUT2D eigenvalue weighted by Gasteiger charge is -2.33. The van der Waals surface area contributed by atoms with Crippen LogP contribution in [0.3, 0.4) is 0 Å². The Bertz CT molecular complexity index is 440. The van der Waals surface area contributed by atoms with E-state index in [0.717, 1.165) is 64.2 Å². The van der Waals surface area contributed by atoms with Gasteiger partial charge in [-0.05, 0) is 38.5 Å². The lowest BCUT2D eigenvalue weighted by Crippen LogP contribution is -2.51. The maximum atomic E-state index is 12.6. The summed E-state index contributed by atoms with van der Waals surface area (Å²) in [7, 11) is 0. The molecule has 0 aromatic carbocycles. The van der Waals surface area contributed by atoms with E-state index in [1.807, 2.05) is 0 Å². The molecule has 0 aromatic heterocycles. The number of rotatable bonds is 4. The van der Waals surface area contributed by atoms with Gasteiger partial charge in [0.2, 0.25) is 11.8 Å². The summed E-state index contributed by atoms with van der Waals surface area (Å²) in [5, 5.41) is 13.4. The summed E-state index contributed by atoms with van der Waals surface area (Å²) in [6, 6.07) is -0.324. The highest BCUT2D eigenvalue weighted by molar-refractivity contribution is 5.89. The number of likely N-dealkylation sites (tertiary alicyclic amines) is 1. The van der Waals surface area contributed by atoms with Crippen molar-refractivity contribution < 1.29 is 14.7 Å². The van der Waals surface area contributed by atoms with E-state index in [1.54, 1.807) is 4.90 Å². The van der Waals surface area contributed by atoms with Gasteiger partial charge in [0, 0.05) is 19.0 Å². The predicted molar refractivity (Wildman–Crippen MR) is 87.7 cm³/mol. The monoisotopic (exact) mass is 322 g/mol. The van der Waals surface area contributed by atoms with Gasteiger partial charge in [0.05, 0.1) is 5.60 Å².